The smallest absolute Gasteiger partial charge is 0.226 e. The van der Waals surface area contributed by atoms with Crippen LogP contribution in [0.2, 0.25) is 0 Å². The second-order valence-electron chi connectivity index (χ2n) is 3.95. The van der Waals surface area contributed by atoms with E-state index in [1.807, 2.05) is 18.0 Å². The molecule has 0 aliphatic rings. The highest BCUT2D eigenvalue weighted by Gasteiger charge is 2.15. The zero-order chi connectivity index (χ0) is 11.4. The molecule has 0 amide bonds. The minimum absolute atomic E-state index is 0.346. The van der Waals surface area contributed by atoms with Gasteiger partial charge in [0.25, 0.3) is 0 Å². The summed E-state index contributed by atoms with van der Waals surface area (Å²) in [5, 5.41) is 8.73. The van der Waals surface area contributed by atoms with Gasteiger partial charge in [-0.25, -0.2) is 9.97 Å². The van der Waals surface area contributed by atoms with Gasteiger partial charge in [0.1, 0.15) is 11.8 Å². The van der Waals surface area contributed by atoms with Crippen molar-refractivity contribution in [2.45, 2.75) is 26.8 Å². The molecule has 1 unspecified atom stereocenters. The Balaban J connectivity index is 2.91. The van der Waals surface area contributed by atoms with Crippen LogP contribution in [-0.4, -0.2) is 23.1 Å². The van der Waals surface area contributed by atoms with E-state index in [9.17, 15) is 0 Å². The molecule has 0 saturated heterocycles. The maximum Gasteiger partial charge on any atom is 0.226 e. The third-order valence-electron chi connectivity index (χ3n) is 2.65. The molecule has 1 atom stereocenters. The summed E-state index contributed by atoms with van der Waals surface area (Å²) < 4.78 is 0. The van der Waals surface area contributed by atoms with Gasteiger partial charge < -0.3 is 4.90 Å². The first-order chi connectivity index (χ1) is 7.06. The monoisotopic (exact) mass is 204 g/mol. The van der Waals surface area contributed by atoms with Gasteiger partial charge in [-0.1, -0.05) is 13.8 Å². The van der Waals surface area contributed by atoms with Gasteiger partial charge >= 0.3 is 0 Å². The molecule has 0 spiro atoms. The summed E-state index contributed by atoms with van der Waals surface area (Å²) >= 11 is 0. The van der Waals surface area contributed by atoms with Crippen LogP contribution in [0.1, 0.15) is 26.5 Å². The zero-order valence-corrected chi connectivity index (χ0v) is 9.60. The molecule has 0 aliphatic carbocycles. The van der Waals surface area contributed by atoms with Gasteiger partial charge in [-0.3, -0.25) is 0 Å². The minimum Gasteiger partial charge on any atom is -0.341 e. The molecule has 1 aromatic rings. The van der Waals surface area contributed by atoms with Crippen molar-refractivity contribution in [1.82, 2.24) is 9.97 Å². The fourth-order valence-corrected chi connectivity index (χ4v) is 1.21. The average molecular weight is 204 g/mol. The molecular formula is C11H16N4. The molecule has 15 heavy (non-hydrogen) atoms. The van der Waals surface area contributed by atoms with E-state index in [0.717, 1.165) is 0 Å². The maximum atomic E-state index is 8.73. The van der Waals surface area contributed by atoms with Crippen molar-refractivity contribution in [3.05, 3.63) is 18.0 Å². The SMILES string of the molecule is CC(C)C(C)N(C)c1nccc(C#N)n1. The Morgan fingerprint density at radius 1 is 1.40 bits per heavy atom. The third-order valence-corrected chi connectivity index (χ3v) is 2.65. The first-order valence-corrected chi connectivity index (χ1v) is 5.02. The van der Waals surface area contributed by atoms with Crippen LogP contribution in [0.25, 0.3) is 0 Å². The normalized spacial score (nSPS) is 12.3. The van der Waals surface area contributed by atoms with Crippen LogP contribution in [0.15, 0.2) is 12.3 Å². The quantitative estimate of drug-likeness (QED) is 0.753. The third kappa shape index (κ3) is 2.66. The predicted molar refractivity (Wildman–Crippen MR) is 59.5 cm³/mol. The van der Waals surface area contributed by atoms with E-state index < -0.39 is 0 Å². The summed E-state index contributed by atoms with van der Waals surface area (Å²) in [5.41, 5.74) is 0.405. The van der Waals surface area contributed by atoms with E-state index in [1.54, 1.807) is 12.3 Å². The summed E-state index contributed by atoms with van der Waals surface area (Å²) in [5.74, 6) is 1.12. The lowest BCUT2D eigenvalue weighted by Gasteiger charge is -2.27. The summed E-state index contributed by atoms with van der Waals surface area (Å²) in [6, 6.07) is 3.97. The molecule has 0 aromatic carbocycles. The van der Waals surface area contributed by atoms with Gasteiger partial charge in [-0.15, -0.1) is 0 Å². The molecule has 80 valence electrons. The van der Waals surface area contributed by atoms with Crippen LogP contribution in [0, 0.1) is 17.2 Å². The molecule has 4 heteroatoms. The zero-order valence-electron chi connectivity index (χ0n) is 9.60. The number of aromatic nitrogens is 2. The fraction of sp³-hybridized carbons (Fsp3) is 0.545. The average Bonchev–Trinajstić information content (AvgIpc) is 2.27. The summed E-state index contributed by atoms with van der Waals surface area (Å²) in [6.45, 7) is 6.41. The Labute approximate surface area is 90.6 Å². The highest BCUT2D eigenvalue weighted by atomic mass is 15.2. The number of hydrogen-bond donors (Lipinski definition) is 0. The van der Waals surface area contributed by atoms with Gasteiger partial charge in [0.05, 0.1) is 0 Å². The largest absolute Gasteiger partial charge is 0.341 e. The Kier molecular flexibility index (Phi) is 3.62. The highest BCUT2D eigenvalue weighted by Crippen LogP contribution is 2.14. The minimum atomic E-state index is 0.346. The second-order valence-corrected chi connectivity index (χ2v) is 3.95. The number of nitriles is 1. The molecular weight excluding hydrogens is 188 g/mol. The molecule has 0 saturated carbocycles. The predicted octanol–water partition coefficient (Wildman–Crippen LogP) is 1.83. The fourth-order valence-electron chi connectivity index (χ4n) is 1.21. The van der Waals surface area contributed by atoms with Crippen LogP contribution < -0.4 is 4.90 Å². The summed E-state index contributed by atoms with van der Waals surface area (Å²) in [4.78, 5) is 10.3. The van der Waals surface area contributed by atoms with Gasteiger partial charge in [0.2, 0.25) is 5.95 Å². The van der Waals surface area contributed by atoms with Crippen LogP contribution >= 0.6 is 0 Å². The first kappa shape index (κ1) is 11.4. The topological polar surface area (TPSA) is 52.8 Å². The maximum absolute atomic E-state index is 8.73. The number of nitrogens with zero attached hydrogens (tertiary/aromatic N) is 4. The lowest BCUT2D eigenvalue weighted by atomic mass is 10.1. The lowest BCUT2D eigenvalue weighted by molar-refractivity contribution is 0.499. The van der Waals surface area contributed by atoms with E-state index in [0.29, 0.717) is 23.6 Å². The summed E-state index contributed by atoms with van der Waals surface area (Å²) in [6.07, 6.45) is 1.62. The van der Waals surface area contributed by atoms with E-state index in [2.05, 4.69) is 30.7 Å². The Morgan fingerprint density at radius 3 is 2.60 bits per heavy atom. The van der Waals surface area contributed by atoms with Gasteiger partial charge in [0.15, 0.2) is 0 Å². The molecule has 0 fully saturated rings. The lowest BCUT2D eigenvalue weighted by Crippen LogP contribution is -2.34. The van der Waals surface area contributed by atoms with Crippen LogP contribution in [0.4, 0.5) is 5.95 Å². The number of anilines is 1. The number of rotatable bonds is 3. The van der Waals surface area contributed by atoms with Crippen molar-refractivity contribution < 1.29 is 0 Å². The van der Waals surface area contributed by atoms with Gasteiger partial charge in [-0.05, 0) is 18.9 Å². The Bertz CT molecular complexity index is 367. The molecule has 0 aliphatic heterocycles. The van der Waals surface area contributed by atoms with Crippen LogP contribution in [-0.2, 0) is 0 Å². The van der Waals surface area contributed by atoms with E-state index in [4.69, 9.17) is 5.26 Å². The Morgan fingerprint density at radius 2 is 2.07 bits per heavy atom. The van der Waals surface area contributed by atoms with Crippen molar-refractivity contribution in [2.24, 2.45) is 5.92 Å². The van der Waals surface area contributed by atoms with E-state index in [1.165, 1.54) is 0 Å². The molecule has 0 N–H and O–H groups in total. The molecule has 1 aromatic heterocycles. The van der Waals surface area contributed by atoms with Crippen molar-refractivity contribution in [3.8, 4) is 6.07 Å². The van der Waals surface area contributed by atoms with Gasteiger partial charge in [0, 0.05) is 19.3 Å². The molecule has 1 heterocycles. The van der Waals surface area contributed by atoms with E-state index >= 15 is 0 Å². The van der Waals surface area contributed by atoms with Crippen LogP contribution in [0.3, 0.4) is 0 Å². The Hall–Kier alpha value is -1.63. The second kappa shape index (κ2) is 4.74. The first-order valence-electron chi connectivity index (χ1n) is 5.02. The molecule has 1 rings (SSSR count). The van der Waals surface area contributed by atoms with Crippen molar-refractivity contribution >= 4 is 5.95 Å². The van der Waals surface area contributed by atoms with Crippen molar-refractivity contribution in [3.63, 3.8) is 0 Å². The molecule has 4 nitrogen and oxygen atoms in total. The molecule has 0 radical (unpaired) electrons. The highest BCUT2D eigenvalue weighted by molar-refractivity contribution is 5.33. The molecule has 0 bridgehead atoms. The van der Waals surface area contributed by atoms with Gasteiger partial charge in [-0.2, -0.15) is 5.26 Å². The standard InChI is InChI=1S/C11H16N4/c1-8(2)9(3)15(4)11-13-6-5-10(7-12)14-11/h5-6,8-9H,1-4H3. The van der Waals surface area contributed by atoms with Crippen LogP contribution in [0.5, 0.6) is 0 Å². The van der Waals surface area contributed by atoms with Crippen molar-refractivity contribution in [1.29, 1.82) is 5.26 Å². The van der Waals surface area contributed by atoms with E-state index in [-0.39, 0.29) is 0 Å². The number of hydrogen-bond acceptors (Lipinski definition) is 4. The summed E-state index contributed by atoms with van der Waals surface area (Å²) in [7, 11) is 1.95. The van der Waals surface area contributed by atoms with Crippen molar-refractivity contribution in [2.75, 3.05) is 11.9 Å².